The van der Waals surface area contributed by atoms with E-state index in [1.807, 2.05) is 12.1 Å². The van der Waals surface area contributed by atoms with Gasteiger partial charge in [0.2, 0.25) is 12.0 Å². The van der Waals surface area contributed by atoms with Gasteiger partial charge in [-0.05, 0) is 35.7 Å². The first-order valence-corrected chi connectivity index (χ1v) is 4.88. The van der Waals surface area contributed by atoms with Gasteiger partial charge in [0.1, 0.15) is 0 Å². The molecule has 1 aliphatic rings. The van der Waals surface area contributed by atoms with Crippen molar-refractivity contribution in [3.8, 4) is 11.5 Å². The monoisotopic (exact) mass is 227 g/mol. The van der Waals surface area contributed by atoms with Gasteiger partial charge in [0.25, 0.3) is 0 Å². The predicted molar refractivity (Wildman–Crippen MR) is 55.1 cm³/mol. The normalized spacial score (nSPS) is 15.1. The molecule has 0 radical (unpaired) electrons. The highest BCUT2D eigenvalue weighted by Crippen LogP contribution is 2.32. The van der Waals surface area contributed by atoms with E-state index >= 15 is 0 Å². The van der Waals surface area contributed by atoms with Crippen LogP contribution in [0, 0.1) is 0 Å². The second-order valence-electron chi connectivity index (χ2n) is 3.30. The first kappa shape index (κ1) is 10.3. The number of carbonyl (C=O) groups excluding carboxylic acids is 1. The van der Waals surface area contributed by atoms with E-state index in [0.717, 1.165) is 5.56 Å². The summed E-state index contributed by atoms with van der Waals surface area (Å²) < 4.78 is 10.4. The lowest BCUT2D eigenvalue weighted by atomic mass is 10.1. The summed E-state index contributed by atoms with van der Waals surface area (Å²) in [5.41, 5.74) is 6.44. The molecule has 1 aromatic rings. The van der Waals surface area contributed by atoms with Crippen molar-refractivity contribution in [1.29, 1.82) is 0 Å². The van der Waals surface area contributed by atoms with Gasteiger partial charge in [0.05, 0.1) is 6.04 Å². The number of fused-ring (bicyclic) bond motifs is 1. The summed E-state index contributed by atoms with van der Waals surface area (Å²) >= 11 is 5.28. The van der Waals surface area contributed by atoms with E-state index in [0.29, 0.717) is 17.9 Å². The topological polar surface area (TPSA) is 61.6 Å². The van der Waals surface area contributed by atoms with E-state index in [4.69, 9.17) is 26.8 Å². The number of hydrogen-bond acceptors (Lipinski definition) is 4. The Hall–Kier alpha value is -1.26. The molecule has 0 fully saturated rings. The molecule has 1 aliphatic heterocycles. The predicted octanol–water partition coefficient (Wildman–Crippen LogP) is 1.05. The van der Waals surface area contributed by atoms with Crippen molar-refractivity contribution in [1.82, 2.24) is 0 Å². The summed E-state index contributed by atoms with van der Waals surface area (Å²) in [4.78, 5) is 10.8. The standard InChI is InChI=1S/C10H10ClNO3/c11-10(13)7(12)3-6-1-2-8-9(4-6)15-5-14-8/h1-2,4,7H,3,5,12H2. The summed E-state index contributed by atoms with van der Waals surface area (Å²) in [6.45, 7) is 0.235. The fourth-order valence-electron chi connectivity index (χ4n) is 1.40. The second-order valence-corrected chi connectivity index (χ2v) is 3.67. The van der Waals surface area contributed by atoms with Crippen molar-refractivity contribution in [3.05, 3.63) is 23.8 Å². The van der Waals surface area contributed by atoms with Gasteiger partial charge in [-0.25, -0.2) is 0 Å². The number of benzene rings is 1. The van der Waals surface area contributed by atoms with Gasteiger partial charge in [-0.15, -0.1) is 0 Å². The first-order chi connectivity index (χ1) is 7.16. The molecule has 4 nitrogen and oxygen atoms in total. The zero-order chi connectivity index (χ0) is 10.8. The first-order valence-electron chi connectivity index (χ1n) is 4.50. The Kier molecular flexibility index (Phi) is 2.79. The third kappa shape index (κ3) is 2.22. The number of ether oxygens (including phenoxy) is 2. The van der Waals surface area contributed by atoms with Crippen LogP contribution in [0.25, 0.3) is 0 Å². The Morgan fingerprint density at radius 2 is 2.20 bits per heavy atom. The Labute approximate surface area is 91.9 Å². The van der Waals surface area contributed by atoms with Crippen molar-refractivity contribution < 1.29 is 14.3 Å². The van der Waals surface area contributed by atoms with Gasteiger partial charge < -0.3 is 15.2 Å². The van der Waals surface area contributed by atoms with E-state index < -0.39 is 11.3 Å². The van der Waals surface area contributed by atoms with Gasteiger partial charge in [0.15, 0.2) is 11.5 Å². The van der Waals surface area contributed by atoms with E-state index in [2.05, 4.69) is 0 Å². The van der Waals surface area contributed by atoms with Gasteiger partial charge in [-0.1, -0.05) is 6.07 Å². The molecule has 15 heavy (non-hydrogen) atoms. The third-order valence-corrected chi connectivity index (χ3v) is 2.46. The maximum atomic E-state index is 10.8. The van der Waals surface area contributed by atoms with Crippen molar-refractivity contribution in [2.24, 2.45) is 5.73 Å². The quantitative estimate of drug-likeness (QED) is 0.785. The molecule has 0 amide bonds. The smallest absolute Gasteiger partial charge is 0.238 e. The molecule has 80 valence electrons. The Morgan fingerprint density at radius 3 is 2.93 bits per heavy atom. The lowest BCUT2D eigenvalue weighted by molar-refractivity contribution is -0.112. The number of carbonyl (C=O) groups is 1. The fraction of sp³-hybridized carbons (Fsp3) is 0.300. The lowest BCUT2D eigenvalue weighted by Crippen LogP contribution is -2.29. The van der Waals surface area contributed by atoms with E-state index in [1.165, 1.54) is 0 Å². The van der Waals surface area contributed by atoms with Crippen LogP contribution in [0.1, 0.15) is 5.56 Å². The fourth-order valence-corrected chi connectivity index (χ4v) is 1.48. The molecule has 0 bridgehead atoms. The van der Waals surface area contributed by atoms with Crippen LogP contribution in [0.4, 0.5) is 0 Å². The Morgan fingerprint density at radius 1 is 1.47 bits per heavy atom. The van der Waals surface area contributed by atoms with Gasteiger partial charge >= 0.3 is 0 Å². The average molecular weight is 228 g/mol. The SMILES string of the molecule is NC(Cc1ccc2c(c1)OCO2)C(=O)Cl. The van der Waals surface area contributed by atoms with E-state index in [1.54, 1.807) is 6.07 Å². The molecule has 1 unspecified atom stereocenters. The molecule has 0 aromatic heterocycles. The minimum atomic E-state index is -0.674. The molecule has 2 rings (SSSR count). The van der Waals surface area contributed by atoms with Crippen molar-refractivity contribution in [3.63, 3.8) is 0 Å². The van der Waals surface area contributed by atoms with Crippen LogP contribution in [0.2, 0.25) is 0 Å². The maximum absolute atomic E-state index is 10.8. The largest absolute Gasteiger partial charge is 0.454 e. The van der Waals surface area contributed by atoms with Crippen LogP contribution >= 0.6 is 11.6 Å². The van der Waals surface area contributed by atoms with Crippen molar-refractivity contribution in [2.45, 2.75) is 12.5 Å². The number of rotatable bonds is 3. The summed E-state index contributed by atoms with van der Waals surface area (Å²) in [7, 11) is 0. The van der Waals surface area contributed by atoms with E-state index in [-0.39, 0.29) is 6.79 Å². The minimum Gasteiger partial charge on any atom is -0.454 e. The van der Waals surface area contributed by atoms with Gasteiger partial charge in [-0.2, -0.15) is 0 Å². The van der Waals surface area contributed by atoms with Crippen molar-refractivity contribution >= 4 is 16.8 Å². The lowest BCUT2D eigenvalue weighted by Gasteiger charge is -2.06. The summed E-state index contributed by atoms with van der Waals surface area (Å²) in [5.74, 6) is 1.39. The molecule has 0 spiro atoms. The molecular formula is C10H10ClNO3. The highest BCUT2D eigenvalue weighted by Gasteiger charge is 2.16. The molecule has 2 N–H and O–H groups in total. The Bertz CT molecular complexity index is 394. The third-order valence-electron chi connectivity index (χ3n) is 2.18. The molecule has 1 heterocycles. The molecular weight excluding hydrogens is 218 g/mol. The van der Waals surface area contributed by atoms with Crippen LogP contribution in [0.3, 0.4) is 0 Å². The molecule has 0 saturated carbocycles. The van der Waals surface area contributed by atoms with Crippen LogP contribution in [0.5, 0.6) is 11.5 Å². The minimum absolute atomic E-state index is 0.235. The second kappa shape index (κ2) is 4.08. The summed E-state index contributed by atoms with van der Waals surface area (Å²) in [6, 6.07) is 4.77. The highest BCUT2D eigenvalue weighted by atomic mass is 35.5. The van der Waals surface area contributed by atoms with Crippen LogP contribution in [-0.4, -0.2) is 18.1 Å². The molecule has 1 aromatic carbocycles. The highest BCUT2D eigenvalue weighted by molar-refractivity contribution is 6.64. The average Bonchev–Trinajstić information content (AvgIpc) is 2.64. The van der Waals surface area contributed by atoms with Gasteiger partial charge in [0, 0.05) is 0 Å². The number of nitrogens with two attached hydrogens (primary N) is 1. The zero-order valence-electron chi connectivity index (χ0n) is 7.90. The Balaban J connectivity index is 2.13. The summed E-state index contributed by atoms with van der Waals surface area (Å²) in [5, 5.41) is -0.535. The molecule has 0 saturated heterocycles. The van der Waals surface area contributed by atoms with Gasteiger partial charge in [-0.3, -0.25) is 4.79 Å². The van der Waals surface area contributed by atoms with Crippen LogP contribution < -0.4 is 15.2 Å². The molecule has 5 heteroatoms. The number of halogens is 1. The van der Waals surface area contributed by atoms with Crippen LogP contribution in [-0.2, 0) is 11.2 Å². The maximum Gasteiger partial charge on any atom is 0.238 e. The number of hydrogen-bond donors (Lipinski definition) is 1. The molecule has 1 atom stereocenters. The summed E-state index contributed by atoms with van der Waals surface area (Å²) in [6.07, 6.45) is 0.402. The zero-order valence-corrected chi connectivity index (χ0v) is 8.66. The van der Waals surface area contributed by atoms with Crippen molar-refractivity contribution in [2.75, 3.05) is 6.79 Å². The molecule has 0 aliphatic carbocycles. The van der Waals surface area contributed by atoms with E-state index in [9.17, 15) is 4.79 Å². The van der Waals surface area contributed by atoms with Crippen LogP contribution in [0.15, 0.2) is 18.2 Å².